The highest BCUT2D eigenvalue weighted by atomic mass is 127. The lowest BCUT2D eigenvalue weighted by atomic mass is 10.3. The second-order valence-electron chi connectivity index (χ2n) is 2.43. The van der Waals surface area contributed by atoms with E-state index in [1.54, 1.807) is 0 Å². The van der Waals surface area contributed by atoms with Crippen LogP contribution in [0.3, 0.4) is 0 Å². The first-order valence-electron chi connectivity index (χ1n) is 3.38. The van der Waals surface area contributed by atoms with Gasteiger partial charge in [0.25, 0.3) is 0 Å². The predicted molar refractivity (Wildman–Crippen MR) is 46.7 cm³/mol. The maximum absolute atomic E-state index is 7.53. The molecule has 0 spiro atoms. The second kappa shape index (κ2) is 3.57. The average molecular weight is 291 g/mol. The van der Waals surface area contributed by atoms with E-state index in [4.69, 9.17) is 5.41 Å². The number of benzene rings is 1. The molecule has 2 aromatic rings. The number of fused-ring (bicyclic) bond motifs is 1. The molecular formula is C8H8IN2S-. The quantitative estimate of drug-likeness (QED) is 0.586. The van der Waals surface area contributed by atoms with E-state index in [0.29, 0.717) is 4.80 Å². The number of halogens is 1. The molecular weight excluding hydrogens is 283 g/mol. The van der Waals surface area contributed by atoms with Gasteiger partial charge in [0.2, 0.25) is 0 Å². The fraction of sp³-hybridized carbons (Fsp3) is 0.125. The molecule has 4 heteroatoms. The zero-order valence-corrected chi connectivity index (χ0v) is 9.52. The van der Waals surface area contributed by atoms with Gasteiger partial charge in [0.1, 0.15) is 0 Å². The minimum Gasteiger partial charge on any atom is -1.00 e. The minimum absolute atomic E-state index is 0. The molecule has 12 heavy (non-hydrogen) atoms. The summed E-state index contributed by atoms with van der Waals surface area (Å²) in [6.45, 7) is 0. The molecule has 0 bridgehead atoms. The molecule has 0 atom stereocenters. The maximum atomic E-state index is 7.53. The Balaban J connectivity index is 0.000000720. The molecule has 0 aliphatic heterocycles. The topological polar surface area (TPSA) is 28.8 Å². The molecule has 0 amide bonds. The second-order valence-corrected chi connectivity index (χ2v) is 3.46. The summed E-state index contributed by atoms with van der Waals surface area (Å²) >= 11 is 1.51. The van der Waals surface area contributed by atoms with Crippen molar-refractivity contribution in [1.82, 2.24) is 4.57 Å². The van der Waals surface area contributed by atoms with Gasteiger partial charge in [-0.25, -0.2) is 0 Å². The van der Waals surface area contributed by atoms with Crippen molar-refractivity contribution in [2.24, 2.45) is 7.05 Å². The van der Waals surface area contributed by atoms with Gasteiger partial charge in [-0.05, 0) is 12.1 Å². The summed E-state index contributed by atoms with van der Waals surface area (Å²) in [5, 5.41) is 7.53. The number of rotatable bonds is 0. The zero-order valence-electron chi connectivity index (χ0n) is 6.54. The van der Waals surface area contributed by atoms with Crippen LogP contribution in [0.1, 0.15) is 0 Å². The molecule has 1 aromatic carbocycles. The number of aromatic nitrogens is 1. The van der Waals surface area contributed by atoms with Crippen LogP contribution >= 0.6 is 11.3 Å². The summed E-state index contributed by atoms with van der Waals surface area (Å²) in [7, 11) is 1.92. The summed E-state index contributed by atoms with van der Waals surface area (Å²) in [6, 6.07) is 8.06. The van der Waals surface area contributed by atoms with Gasteiger partial charge in [0.15, 0.2) is 4.80 Å². The van der Waals surface area contributed by atoms with Crippen molar-refractivity contribution in [1.29, 1.82) is 5.41 Å². The number of nitrogens with zero attached hydrogens (tertiary/aromatic N) is 1. The average Bonchev–Trinajstić information content (AvgIpc) is 2.30. The summed E-state index contributed by atoms with van der Waals surface area (Å²) < 4.78 is 3.07. The molecule has 0 fully saturated rings. The van der Waals surface area contributed by atoms with Gasteiger partial charge >= 0.3 is 0 Å². The highest BCUT2D eigenvalue weighted by Gasteiger charge is 1.97. The molecule has 0 radical (unpaired) electrons. The summed E-state index contributed by atoms with van der Waals surface area (Å²) in [4.78, 5) is 0.603. The third-order valence-electron chi connectivity index (χ3n) is 1.74. The van der Waals surface area contributed by atoms with Crippen LogP contribution in [0.2, 0.25) is 0 Å². The van der Waals surface area contributed by atoms with Gasteiger partial charge < -0.3 is 28.5 Å². The normalized spacial score (nSPS) is 9.75. The number of nitrogens with one attached hydrogen (secondary N) is 1. The van der Waals surface area contributed by atoms with Crippen molar-refractivity contribution in [3.8, 4) is 0 Å². The van der Waals surface area contributed by atoms with E-state index in [1.165, 1.54) is 16.0 Å². The van der Waals surface area contributed by atoms with Gasteiger partial charge in [-0.15, -0.1) is 0 Å². The molecule has 1 heterocycles. The molecule has 0 aliphatic carbocycles. The molecule has 64 valence electrons. The Kier molecular flexibility index (Phi) is 2.89. The Labute approximate surface area is 91.4 Å². The van der Waals surface area contributed by atoms with Gasteiger partial charge in [-0.1, -0.05) is 23.5 Å². The molecule has 0 aliphatic rings. The first-order chi connectivity index (χ1) is 5.29. The van der Waals surface area contributed by atoms with Crippen molar-refractivity contribution in [2.75, 3.05) is 0 Å². The van der Waals surface area contributed by atoms with Crippen molar-refractivity contribution >= 4 is 21.6 Å². The van der Waals surface area contributed by atoms with Crippen LogP contribution in [-0.2, 0) is 7.05 Å². The van der Waals surface area contributed by atoms with Crippen LogP contribution in [0.25, 0.3) is 10.2 Å². The summed E-state index contributed by atoms with van der Waals surface area (Å²) in [5.41, 5.74) is 1.14. The van der Waals surface area contributed by atoms with E-state index >= 15 is 0 Å². The largest absolute Gasteiger partial charge is 1.00 e. The monoisotopic (exact) mass is 291 g/mol. The standard InChI is InChI=1S/C8H8N2S.HI/c1-10-6-4-2-3-5-7(6)11-8(10)9;/h2-5,9H,1H3;1H/p-1. The van der Waals surface area contributed by atoms with Crippen LogP contribution in [0, 0.1) is 5.41 Å². The van der Waals surface area contributed by atoms with E-state index in [0.717, 1.165) is 5.52 Å². The van der Waals surface area contributed by atoms with E-state index in [2.05, 4.69) is 0 Å². The molecule has 2 rings (SSSR count). The number of thiazole rings is 1. The van der Waals surface area contributed by atoms with Gasteiger partial charge in [0, 0.05) is 7.05 Å². The number of hydrogen-bond acceptors (Lipinski definition) is 2. The third-order valence-corrected chi connectivity index (χ3v) is 2.77. The van der Waals surface area contributed by atoms with Crippen molar-refractivity contribution in [2.45, 2.75) is 0 Å². The lowest BCUT2D eigenvalue weighted by Gasteiger charge is -1.91. The van der Waals surface area contributed by atoms with Crippen molar-refractivity contribution < 1.29 is 24.0 Å². The maximum Gasteiger partial charge on any atom is 0.182 e. The Morgan fingerprint density at radius 1 is 1.33 bits per heavy atom. The van der Waals surface area contributed by atoms with Crippen LogP contribution in [0.15, 0.2) is 24.3 Å². The van der Waals surface area contributed by atoms with E-state index in [-0.39, 0.29) is 24.0 Å². The number of aryl methyl sites for hydroxylation is 1. The van der Waals surface area contributed by atoms with Crippen LogP contribution < -0.4 is 28.8 Å². The van der Waals surface area contributed by atoms with Crippen molar-refractivity contribution in [3.63, 3.8) is 0 Å². The first-order valence-corrected chi connectivity index (χ1v) is 4.20. The smallest absolute Gasteiger partial charge is 0.182 e. The Morgan fingerprint density at radius 3 is 2.67 bits per heavy atom. The fourth-order valence-electron chi connectivity index (χ4n) is 1.10. The number of hydrogen-bond donors (Lipinski definition) is 1. The van der Waals surface area contributed by atoms with Crippen LogP contribution in [-0.4, -0.2) is 4.57 Å². The third kappa shape index (κ3) is 1.40. The zero-order chi connectivity index (χ0) is 7.84. The first kappa shape index (κ1) is 9.73. The van der Waals surface area contributed by atoms with Gasteiger partial charge in [0.05, 0.1) is 10.2 Å². The highest BCUT2D eigenvalue weighted by Crippen LogP contribution is 2.14. The molecule has 0 saturated carbocycles. The van der Waals surface area contributed by atoms with E-state index < -0.39 is 0 Å². The van der Waals surface area contributed by atoms with E-state index in [9.17, 15) is 0 Å². The molecule has 1 aromatic heterocycles. The Hall–Kier alpha value is -0.360. The summed E-state index contributed by atoms with van der Waals surface area (Å²) in [6.07, 6.45) is 0. The lowest BCUT2D eigenvalue weighted by molar-refractivity contribution is -0.00000239. The Morgan fingerprint density at radius 2 is 2.00 bits per heavy atom. The highest BCUT2D eigenvalue weighted by molar-refractivity contribution is 7.16. The predicted octanol–water partition coefficient (Wildman–Crippen LogP) is -1.28. The minimum atomic E-state index is 0. The van der Waals surface area contributed by atoms with Gasteiger partial charge in [-0.2, -0.15) is 0 Å². The molecule has 2 nitrogen and oxygen atoms in total. The Bertz CT molecular complexity index is 443. The molecule has 0 saturated heterocycles. The summed E-state index contributed by atoms with van der Waals surface area (Å²) in [5.74, 6) is 0. The van der Waals surface area contributed by atoms with Crippen LogP contribution in [0.5, 0.6) is 0 Å². The fourth-order valence-corrected chi connectivity index (χ4v) is 2.00. The number of para-hydroxylation sites is 1. The lowest BCUT2D eigenvalue weighted by Crippen LogP contribution is -3.00. The van der Waals surface area contributed by atoms with E-state index in [1.807, 2.05) is 35.9 Å². The van der Waals surface area contributed by atoms with Crippen molar-refractivity contribution in [3.05, 3.63) is 29.1 Å². The molecule has 0 unspecified atom stereocenters. The van der Waals surface area contributed by atoms with Gasteiger partial charge in [-0.3, -0.25) is 5.41 Å². The van der Waals surface area contributed by atoms with Crippen LogP contribution in [0.4, 0.5) is 0 Å². The molecule has 1 N–H and O–H groups in total. The SMILES string of the molecule is Cn1c(=N)sc2ccccc21.[I-].